The molecule has 0 fully saturated rings. The minimum Gasteiger partial charge on any atom is -0.384 e. The van der Waals surface area contributed by atoms with E-state index in [2.05, 4.69) is 0 Å². The lowest BCUT2D eigenvalue weighted by molar-refractivity contribution is 0.539. The van der Waals surface area contributed by atoms with Crippen LogP contribution in [-0.2, 0) is 18.3 Å². The quantitative estimate of drug-likeness (QED) is 0.693. The molecule has 0 atom stereocenters. The van der Waals surface area contributed by atoms with E-state index in [4.69, 9.17) is 5.73 Å². The summed E-state index contributed by atoms with van der Waals surface area (Å²) in [5.41, 5.74) is 4.79. The molecular weight excluding hydrogens is 210 g/mol. The summed E-state index contributed by atoms with van der Waals surface area (Å²) in [5.74, 6) is 0.157. The maximum Gasteiger partial charge on any atom is 0.339 e. The maximum absolute atomic E-state index is 11.8. The highest BCUT2D eigenvalue weighted by molar-refractivity contribution is 5.60. The Balaban J connectivity index is 3.62. The highest BCUT2D eigenvalue weighted by Gasteiger charge is 2.15. The lowest BCUT2D eigenvalue weighted by Crippen LogP contribution is -2.41. The zero-order chi connectivity index (χ0) is 12.5. The minimum atomic E-state index is -0.718. The van der Waals surface area contributed by atoms with Crippen LogP contribution in [0.25, 0.3) is 0 Å². The molecule has 1 aromatic heterocycles. The van der Waals surface area contributed by atoms with Crippen molar-refractivity contribution in [3.05, 3.63) is 26.4 Å². The van der Waals surface area contributed by atoms with Gasteiger partial charge in [0.1, 0.15) is 5.82 Å². The molecule has 1 aromatic rings. The van der Waals surface area contributed by atoms with Crippen LogP contribution in [0, 0.1) is 5.92 Å². The van der Waals surface area contributed by atoms with Crippen LogP contribution >= 0.6 is 0 Å². The Hall–Kier alpha value is -1.85. The molecule has 6 nitrogen and oxygen atoms in total. The first-order valence-corrected chi connectivity index (χ1v) is 4.95. The van der Waals surface area contributed by atoms with Gasteiger partial charge in [-0.1, -0.05) is 13.8 Å². The third-order valence-electron chi connectivity index (χ3n) is 2.34. The first kappa shape index (κ1) is 12.2. The summed E-state index contributed by atoms with van der Waals surface area (Å²) in [4.78, 5) is 34.0. The second kappa shape index (κ2) is 4.34. The predicted molar refractivity (Wildman–Crippen MR) is 61.0 cm³/mol. The van der Waals surface area contributed by atoms with E-state index >= 15 is 0 Å². The SMILES string of the molecule is CC(C)Cc1c(N)n(C=O)c(=O)n(C)c1=O. The molecule has 2 N–H and O–H groups in total. The lowest BCUT2D eigenvalue weighted by atomic mass is 10.0. The summed E-state index contributed by atoms with van der Waals surface area (Å²) in [6, 6.07) is 0. The summed E-state index contributed by atoms with van der Waals surface area (Å²) in [7, 11) is 1.33. The van der Waals surface area contributed by atoms with E-state index < -0.39 is 11.2 Å². The number of nitrogens with two attached hydrogens (primary N) is 1. The van der Waals surface area contributed by atoms with Crippen molar-refractivity contribution >= 4 is 12.2 Å². The molecule has 16 heavy (non-hydrogen) atoms. The Morgan fingerprint density at radius 1 is 1.38 bits per heavy atom. The van der Waals surface area contributed by atoms with Gasteiger partial charge in [0.25, 0.3) is 5.56 Å². The van der Waals surface area contributed by atoms with Crippen molar-refractivity contribution in [3.8, 4) is 0 Å². The van der Waals surface area contributed by atoms with E-state index in [9.17, 15) is 14.4 Å². The number of hydrogen-bond donors (Lipinski definition) is 1. The molecule has 0 aliphatic heterocycles. The first-order valence-electron chi connectivity index (χ1n) is 4.95. The molecular formula is C10H15N3O3. The van der Waals surface area contributed by atoms with Gasteiger partial charge in [-0.2, -0.15) is 0 Å². The second-order valence-corrected chi connectivity index (χ2v) is 4.08. The van der Waals surface area contributed by atoms with Crippen LogP contribution in [-0.4, -0.2) is 15.5 Å². The van der Waals surface area contributed by atoms with Crippen molar-refractivity contribution in [1.29, 1.82) is 0 Å². The molecule has 0 amide bonds. The van der Waals surface area contributed by atoms with Crippen molar-refractivity contribution in [2.45, 2.75) is 20.3 Å². The monoisotopic (exact) mass is 225 g/mol. The standard InChI is InChI=1S/C10H15N3O3/c1-6(2)4-7-8(11)13(5-14)10(16)12(3)9(7)15/h5-6H,4,11H2,1-3H3. The van der Waals surface area contributed by atoms with E-state index in [0.29, 0.717) is 18.4 Å². The van der Waals surface area contributed by atoms with E-state index in [1.165, 1.54) is 7.05 Å². The average molecular weight is 225 g/mol. The van der Waals surface area contributed by atoms with Crippen LogP contribution in [0.5, 0.6) is 0 Å². The van der Waals surface area contributed by atoms with Crippen molar-refractivity contribution in [1.82, 2.24) is 9.13 Å². The molecule has 0 aliphatic carbocycles. The highest BCUT2D eigenvalue weighted by atomic mass is 16.2. The zero-order valence-electron chi connectivity index (χ0n) is 9.56. The number of aromatic nitrogens is 2. The molecule has 0 unspecified atom stereocenters. The molecule has 0 aliphatic rings. The molecule has 6 heteroatoms. The first-order chi connectivity index (χ1) is 7.40. The predicted octanol–water partition coefficient (Wildman–Crippen LogP) is -0.634. The van der Waals surface area contributed by atoms with Crippen LogP contribution < -0.4 is 17.0 Å². The van der Waals surface area contributed by atoms with Gasteiger partial charge in [0, 0.05) is 7.05 Å². The Morgan fingerprint density at radius 2 is 1.94 bits per heavy atom. The van der Waals surface area contributed by atoms with Crippen LogP contribution in [0.1, 0.15) is 19.4 Å². The fourth-order valence-corrected chi connectivity index (χ4v) is 1.51. The van der Waals surface area contributed by atoms with Gasteiger partial charge in [0.05, 0.1) is 5.56 Å². The smallest absolute Gasteiger partial charge is 0.339 e. The molecule has 0 saturated heterocycles. The number of nitrogens with zero attached hydrogens (tertiary/aromatic N) is 2. The molecule has 1 heterocycles. The van der Waals surface area contributed by atoms with Crippen LogP contribution in [0.15, 0.2) is 9.59 Å². The molecule has 0 bridgehead atoms. The number of nitrogen functional groups attached to an aromatic ring is 1. The van der Waals surface area contributed by atoms with Gasteiger partial charge in [0.15, 0.2) is 0 Å². The Bertz CT molecular complexity index is 525. The second-order valence-electron chi connectivity index (χ2n) is 4.08. The van der Waals surface area contributed by atoms with Crippen LogP contribution in [0.4, 0.5) is 5.82 Å². The molecule has 0 spiro atoms. The Kier molecular flexibility index (Phi) is 3.31. The van der Waals surface area contributed by atoms with Crippen molar-refractivity contribution in [2.75, 3.05) is 5.73 Å². The molecule has 0 radical (unpaired) electrons. The van der Waals surface area contributed by atoms with Gasteiger partial charge in [-0.05, 0) is 12.3 Å². The molecule has 88 valence electrons. The third kappa shape index (κ3) is 1.91. The lowest BCUT2D eigenvalue weighted by Gasteiger charge is -2.11. The number of rotatable bonds is 3. The Labute approximate surface area is 92.3 Å². The third-order valence-corrected chi connectivity index (χ3v) is 2.34. The maximum atomic E-state index is 11.8. The number of hydrogen-bond acceptors (Lipinski definition) is 4. The molecule has 0 saturated carbocycles. The van der Waals surface area contributed by atoms with Gasteiger partial charge in [-0.3, -0.25) is 14.2 Å². The summed E-state index contributed by atoms with van der Waals surface area (Å²) >= 11 is 0. The van der Waals surface area contributed by atoms with E-state index in [0.717, 1.165) is 9.13 Å². The average Bonchev–Trinajstić information content (AvgIpc) is 2.22. The minimum absolute atomic E-state index is 0.0585. The summed E-state index contributed by atoms with van der Waals surface area (Å²) < 4.78 is 1.64. The van der Waals surface area contributed by atoms with Crippen molar-refractivity contribution in [3.63, 3.8) is 0 Å². The largest absolute Gasteiger partial charge is 0.384 e. The number of carbonyl (C=O) groups excluding carboxylic acids is 1. The zero-order valence-corrected chi connectivity index (χ0v) is 9.56. The number of carbonyl (C=O) groups is 1. The fraction of sp³-hybridized carbons (Fsp3) is 0.500. The van der Waals surface area contributed by atoms with Crippen LogP contribution in [0.2, 0.25) is 0 Å². The normalized spacial score (nSPS) is 10.8. The summed E-state index contributed by atoms with van der Waals surface area (Å²) in [6.45, 7) is 3.85. The summed E-state index contributed by atoms with van der Waals surface area (Å²) in [5, 5.41) is 0. The van der Waals surface area contributed by atoms with E-state index in [1.54, 1.807) is 0 Å². The van der Waals surface area contributed by atoms with E-state index in [1.807, 2.05) is 13.8 Å². The highest BCUT2D eigenvalue weighted by Crippen LogP contribution is 2.09. The van der Waals surface area contributed by atoms with Gasteiger partial charge in [-0.25, -0.2) is 9.36 Å². The van der Waals surface area contributed by atoms with Gasteiger partial charge >= 0.3 is 5.69 Å². The van der Waals surface area contributed by atoms with Crippen LogP contribution in [0.3, 0.4) is 0 Å². The van der Waals surface area contributed by atoms with E-state index in [-0.39, 0.29) is 11.7 Å². The van der Waals surface area contributed by atoms with Gasteiger partial charge < -0.3 is 5.73 Å². The molecule has 1 rings (SSSR count). The fourth-order valence-electron chi connectivity index (χ4n) is 1.51. The summed E-state index contributed by atoms with van der Waals surface area (Å²) in [6.07, 6.45) is 0.757. The Morgan fingerprint density at radius 3 is 2.38 bits per heavy atom. The van der Waals surface area contributed by atoms with Crippen molar-refractivity contribution < 1.29 is 4.79 Å². The van der Waals surface area contributed by atoms with Gasteiger partial charge in [-0.15, -0.1) is 0 Å². The topological polar surface area (TPSA) is 87.1 Å². The number of anilines is 1. The van der Waals surface area contributed by atoms with Gasteiger partial charge in [0.2, 0.25) is 6.41 Å². The van der Waals surface area contributed by atoms with Crippen molar-refractivity contribution in [2.24, 2.45) is 13.0 Å². The molecule has 0 aromatic carbocycles.